The summed E-state index contributed by atoms with van der Waals surface area (Å²) in [7, 11) is 1.88. The van der Waals surface area contributed by atoms with Crippen LogP contribution in [0.25, 0.3) is 0 Å². The van der Waals surface area contributed by atoms with Gasteiger partial charge in [-0.05, 0) is 0 Å². The van der Waals surface area contributed by atoms with E-state index in [1.54, 1.807) is 10.9 Å². The zero-order valence-electron chi connectivity index (χ0n) is 10.6. The van der Waals surface area contributed by atoms with E-state index in [1.807, 2.05) is 25.4 Å². The maximum atomic E-state index is 4.59. The summed E-state index contributed by atoms with van der Waals surface area (Å²) in [6.07, 6.45) is 3.57. The van der Waals surface area contributed by atoms with Gasteiger partial charge >= 0.3 is 105 Å². The van der Waals surface area contributed by atoms with Crippen molar-refractivity contribution in [2.45, 2.75) is 14.8 Å². The molecule has 0 spiro atoms. The summed E-state index contributed by atoms with van der Waals surface area (Å²) in [5.74, 6) is 1.55. The van der Waals surface area contributed by atoms with E-state index in [0.717, 1.165) is 5.82 Å². The topological polar surface area (TPSA) is 55.6 Å². The Morgan fingerprint density at radius 1 is 1.18 bits per heavy atom. The molecule has 0 aromatic carbocycles. The summed E-state index contributed by atoms with van der Waals surface area (Å²) in [4.78, 5) is 15.8. The molecule has 0 saturated heterocycles. The minimum atomic E-state index is -2.12. The van der Waals surface area contributed by atoms with Crippen molar-refractivity contribution in [1.29, 1.82) is 0 Å². The van der Waals surface area contributed by atoms with Crippen LogP contribution in [-0.4, -0.2) is 38.1 Å². The molecule has 0 amide bonds. The van der Waals surface area contributed by atoms with Gasteiger partial charge in [-0.2, -0.15) is 0 Å². The van der Waals surface area contributed by atoms with E-state index in [9.17, 15) is 0 Å². The molecule has 0 fully saturated rings. The standard InChI is InChI=1S/C8H8N5.3CH3.Sn/c1-13-7(3-6-11-13)12-8-9-4-2-5-10-8;;;;/h2-4,6H,1H3,(H,9,10,12);3*1H3;. The maximum absolute atomic E-state index is 4.59. The molecule has 0 aliphatic rings. The molecule has 2 aromatic heterocycles. The van der Waals surface area contributed by atoms with Gasteiger partial charge in [0.25, 0.3) is 0 Å². The molecule has 17 heavy (non-hydrogen) atoms. The van der Waals surface area contributed by atoms with Gasteiger partial charge in [-0.1, -0.05) is 0 Å². The Kier molecular flexibility index (Phi) is 3.37. The first-order valence-electron chi connectivity index (χ1n) is 5.55. The molecule has 2 heterocycles. The summed E-state index contributed by atoms with van der Waals surface area (Å²) in [5, 5.41) is 7.27. The van der Waals surface area contributed by atoms with Crippen molar-refractivity contribution in [2.75, 3.05) is 5.32 Å². The second kappa shape index (κ2) is 4.64. The molecular weight excluding hydrogens is 321 g/mol. The van der Waals surface area contributed by atoms with Crippen molar-refractivity contribution >= 4 is 33.9 Å². The average molecular weight is 338 g/mol. The van der Waals surface area contributed by atoms with Crippen molar-refractivity contribution in [3.8, 4) is 0 Å². The Labute approximate surface area is 105 Å². The van der Waals surface area contributed by atoms with Gasteiger partial charge in [-0.25, -0.2) is 0 Å². The number of aryl methyl sites for hydroxylation is 1. The van der Waals surface area contributed by atoms with E-state index < -0.39 is 18.4 Å². The van der Waals surface area contributed by atoms with Crippen LogP contribution in [0.4, 0.5) is 11.8 Å². The van der Waals surface area contributed by atoms with Gasteiger partial charge in [0.1, 0.15) is 0 Å². The van der Waals surface area contributed by atoms with Crippen molar-refractivity contribution < 1.29 is 0 Å². The zero-order chi connectivity index (χ0) is 12.5. The molecule has 0 atom stereocenters. The molecular formula is C11H17N5Sn. The van der Waals surface area contributed by atoms with Crippen molar-refractivity contribution in [3.63, 3.8) is 0 Å². The first kappa shape index (κ1) is 12.3. The molecule has 90 valence electrons. The molecule has 1 N–H and O–H groups in total. The second-order valence-corrected chi connectivity index (χ2v) is 19.3. The van der Waals surface area contributed by atoms with Crippen LogP contribution < -0.4 is 9.03 Å². The van der Waals surface area contributed by atoms with Gasteiger partial charge in [0.05, 0.1) is 0 Å². The number of hydrogen-bond acceptors (Lipinski definition) is 4. The number of hydrogen-bond donors (Lipinski definition) is 1. The van der Waals surface area contributed by atoms with E-state index in [1.165, 1.54) is 3.71 Å². The molecule has 2 rings (SSSR count). The van der Waals surface area contributed by atoms with Crippen molar-refractivity contribution in [1.82, 2.24) is 19.7 Å². The van der Waals surface area contributed by atoms with Crippen LogP contribution in [0.15, 0.2) is 24.5 Å². The number of rotatable bonds is 3. The van der Waals surface area contributed by atoms with Gasteiger partial charge in [-0.3, -0.25) is 0 Å². The molecule has 0 bridgehead atoms. The van der Waals surface area contributed by atoms with Crippen LogP contribution >= 0.6 is 0 Å². The molecule has 0 radical (unpaired) electrons. The molecule has 5 nitrogen and oxygen atoms in total. The van der Waals surface area contributed by atoms with Crippen molar-refractivity contribution in [2.24, 2.45) is 7.05 Å². The van der Waals surface area contributed by atoms with Crippen LogP contribution in [0.1, 0.15) is 0 Å². The van der Waals surface area contributed by atoms with E-state index in [4.69, 9.17) is 0 Å². The molecule has 0 saturated carbocycles. The van der Waals surface area contributed by atoms with E-state index in [0.29, 0.717) is 5.95 Å². The minimum absolute atomic E-state index is 0.651. The second-order valence-electron chi connectivity index (χ2n) is 4.98. The average Bonchev–Trinajstić information content (AvgIpc) is 2.64. The molecule has 0 unspecified atom stereocenters. The molecule has 2 aromatic rings. The Morgan fingerprint density at radius 2 is 1.94 bits per heavy atom. The Morgan fingerprint density at radius 3 is 2.53 bits per heavy atom. The summed E-state index contributed by atoms with van der Waals surface area (Å²) in [6.45, 7) is 0. The van der Waals surface area contributed by atoms with Crippen LogP contribution in [0.3, 0.4) is 0 Å². The fraction of sp³-hybridized carbons (Fsp3) is 0.364. The summed E-state index contributed by atoms with van der Waals surface area (Å²) >= 11 is -2.12. The van der Waals surface area contributed by atoms with Gasteiger partial charge in [0.2, 0.25) is 0 Å². The fourth-order valence-corrected chi connectivity index (χ4v) is 4.35. The van der Waals surface area contributed by atoms with E-state index in [-0.39, 0.29) is 0 Å². The molecule has 6 heteroatoms. The third-order valence-electron chi connectivity index (χ3n) is 2.48. The van der Waals surface area contributed by atoms with Crippen LogP contribution in [0.2, 0.25) is 14.8 Å². The van der Waals surface area contributed by atoms with Gasteiger partial charge < -0.3 is 0 Å². The van der Waals surface area contributed by atoms with E-state index in [2.05, 4.69) is 35.2 Å². The third kappa shape index (κ3) is 2.96. The number of anilines is 2. The predicted molar refractivity (Wildman–Crippen MR) is 71.5 cm³/mol. The van der Waals surface area contributed by atoms with Gasteiger partial charge in [-0.15, -0.1) is 0 Å². The van der Waals surface area contributed by atoms with Gasteiger partial charge in [0, 0.05) is 0 Å². The Balaban J connectivity index is 2.26. The summed E-state index contributed by atoms with van der Waals surface area (Å²) in [5.41, 5.74) is 0. The third-order valence-corrected chi connectivity index (χ3v) is 7.67. The SMILES string of the molecule is Cn1nccc1Nc1ncc[c]([Sn]([CH3])([CH3])[CH3])n1. The van der Waals surface area contributed by atoms with Crippen LogP contribution in [-0.2, 0) is 7.05 Å². The van der Waals surface area contributed by atoms with Crippen molar-refractivity contribution in [3.05, 3.63) is 24.5 Å². The summed E-state index contributed by atoms with van der Waals surface area (Å²) in [6, 6.07) is 3.93. The number of nitrogens with zero attached hydrogens (tertiary/aromatic N) is 4. The quantitative estimate of drug-likeness (QED) is 0.862. The van der Waals surface area contributed by atoms with E-state index >= 15 is 0 Å². The molecule has 0 aliphatic heterocycles. The van der Waals surface area contributed by atoms with Crippen LogP contribution in [0.5, 0.6) is 0 Å². The predicted octanol–water partition coefficient (Wildman–Crippen LogP) is 1.50. The Bertz CT molecular complexity index is 515. The number of nitrogens with one attached hydrogen (secondary N) is 1. The number of aromatic nitrogens is 4. The zero-order valence-corrected chi connectivity index (χ0v) is 13.5. The first-order chi connectivity index (χ1) is 7.97. The fourth-order valence-electron chi connectivity index (χ4n) is 1.45. The summed E-state index contributed by atoms with van der Waals surface area (Å²) < 4.78 is 2.98. The normalized spacial score (nSPS) is 11.5. The first-order valence-corrected chi connectivity index (χ1v) is 15.5. The Hall–Kier alpha value is -1.11. The molecule has 0 aliphatic carbocycles. The monoisotopic (exact) mass is 339 g/mol. The van der Waals surface area contributed by atoms with Crippen LogP contribution in [0, 0.1) is 0 Å². The van der Waals surface area contributed by atoms with Gasteiger partial charge in [0.15, 0.2) is 0 Å².